The van der Waals surface area contributed by atoms with E-state index >= 15 is 0 Å². The van der Waals surface area contributed by atoms with E-state index < -0.39 is 0 Å². The van der Waals surface area contributed by atoms with E-state index in [1.807, 2.05) is 13.0 Å². The maximum Gasteiger partial charge on any atom is 0.0987 e. The lowest BCUT2D eigenvalue weighted by molar-refractivity contribution is -0.133. The molecule has 1 aliphatic carbocycles. The molecule has 18 heavy (non-hydrogen) atoms. The smallest absolute Gasteiger partial charge is 0.0987 e. The molecule has 0 amide bonds. The number of methoxy groups -OCH3 is 1. The Hall–Kier alpha value is -0.900. The highest BCUT2D eigenvalue weighted by Crippen LogP contribution is 2.29. The Balaban J connectivity index is 1.87. The third-order valence-electron chi connectivity index (χ3n) is 3.67. The topological polar surface area (TPSA) is 30.5 Å². The zero-order valence-corrected chi connectivity index (χ0v) is 11.4. The van der Waals surface area contributed by atoms with Crippen molar-refractivity contribution in [3.8, 4) is 0 Å². The van der Waals surface area contributed by atoms with Crippen LogP contribution < -0.4 is 5.32 Å². The lowest BCUT2D eigenvalue weighted by Gasteiger charge is -2.44. The minimum atomic E-state index is 0.177. The van der Waals surface area contributed by atoms with E-state index in [1.54, 1.807) is 7.11 Å². The summed E-state index contributed by atoms with van der Waals surface area (Å²) in [6.07, 6.45) is 1.46. The maximum atomic E-state index is 5.63. The highest BCUT2D eigenvalue weighted by molar-refractivity contribution is 5.18. The van der Waals surface area contributed by atoms with Gasteiger partial charge in [-0.2, -0.15) is 0 Å². The van der Waals surface area contributed by atoms with E-state index in [0.29, 0.717) is 12.1 Å². The summed E-state index contributed by atoms with van der Waals surface area (Å²) in [4.78, 5) is 0. The summed E-state index contributed by atoms with van der Waals surface area (Å²) >= 11 is 0. The van der Waals surface area contributed by atoms with Gasteiger partial charge >= 0.3 is 0 Å². The first-order valence-electron chi connectivity index (χ1n) is 6.71. The molecule has 3 heteroatoms. The van der Waals surface area contributed by atoms with Crippen LogP contribution in [0.25, 0.3) is 0 Å². The van der Waals surface area contributed by atoms with Crippen LogP contribution in [0.4, 0.5) is 0 Å². The average molecular weight is 249 g/mol. The van der Waals surface area contributed by atoms with Crippen LogP contribution in [-0.2, 0) is 9.47 Å². The highest BCUT2D eigenvalue weighted by atomic mass is 16.5. The molecule has 0 aromatic heterocycles. The van der Waals surface area contributed by atoms with E-state index in [2.05, 4.69) is 36.5 Å². The zero-order chi connectivity index (χ0) is 13.0. The van der Waals surface area contributed by atoms with Crippen LogP contribution in [0.3, 0.4) is 0 Å². The van der Waals surface area contributed by atoms with E-state index in [9.17, 15) is 0 Å². The Labute approximate surface area is 109 Å². The molecule has 0 heterocycles. The molecule has 0 radical (unpaired) electrons. The van der Waals surface area contributed by atoms with Gasteiger partial charge in [0, 0.05) is 25.8 Å². The van der Waals surface area contributed by atoms with Gasteiger partial charge in [0.25, 0.3) is 0 Å². The van der Waals surface area contributed by atoms with Crippen molar-refractivity contribution in [2.45, 2.75) is 44.6 Å². The van der Waals surface area contributed by atoms with Crippen LogP contribution >= 0.6 is 0 Å². The predicted molar refractivity (Wildman–Crippen MR) is 72.6 cm³/mol. The van der Waals surface area contributed by atoms with Crippen molar-refractivity contribution in [1.82, 2.24) is 5.32 Å². The summed E-state index contributed by atoms with van der Waals surface area (Å²) < 4.78 is 11.1. The molecular weight excluding hydrogens is 226 g/mol. The lowest BCUT2D eigenvalue weighted by atomic mass is 9.84. The molecule has 3 nitrogen and oxygen atoms in total. The second kappa shape index (κ2) is 6.32. The Morgan fingerprint density at radius 1 is 1.33 bits per heavy atom. The SMILES string of the molecule is CCOC1CC(N[C@H](C)c2ccccc2)C1OC. The van der Waals surface area contributed by atoms with Gasteiger partial charge in [-0.05, 0) is 25.8 Å². The number of rotatable bonds is 6. The van der Waals surface area contributed by atoms with Crippen molar-refractivity contribution < 1.29 is 9.47 Å². The molecule has 1 aliphatic rings. The molecule has 0 aliphatic heterocycles. The Bertz CT molecular complexity index is 355. The first-order chi connectivity index (χ1) is 8.76. The van der Waals surface area contributed by atoms with Crippen LogP contribution in [0.5, 0.6) is 0 Å². The largest absolute Gasteiger partial charge is 0.377 e. The van der Waals surface area contributed by atoms with Gasteiger partial charge in [0.2, 0.25) is 0 Å². The van der Waals surface area contributed by atoms with Gasteiger partial charge in [-0.15, -0.1) is 0 Å². The Morgan fingerprint density at radius 3 is 2.67 bits per heavy atom. The average Bonchev–Trinajstić information content (AvgIpc) is 2.38. The van der Waals surface area contributed by atoms with Crippen molar-refractivity contribution in [1.29, 1.82) is 0 Å². The normalized spacial score (nSPS) is 28.7. The number of hydrogen-bond acceptors (Lipinski definition) is 3. The summed E-state index contributed by atoms with van der Waals surface area (Å²) in [5.41, 5.74) is 1.31. The third-order valence-corrected chi connectivity index (χ3v) is 3.67. The van der Waals surface area contributed by atoms with Gasteiger partial charge in [-0.25, -0.2) is 0 Å². The maximum absolute atomic E-state index is 5.63. The molecule has 100 valence electrons. The lowest BCUT2D eigenvalue weighted by Crippen LogP contribution is -2.60. The molecule has 1 saturated carbocycles. The van der Waals surface area contributed by atoms with Gasteiger partial charge < -0.3 is 14.8 Å². The Morgan fingerprint density at radius 2 is 2.06 bits per heavy atom. The number of benzene rings is 1. The van der Waals surface area contributed by atoms with Crippen molar-refractivity contribution in [3.05, 3.63) is 35.9 Å². The van der Waals surface area contributed by atoms with Crippen LogP contribution in [0.15, 0.2) is 30.3 Å². The fraction of sp³-hybridized carbons (Fsp3) is 0.600. The molecule has 1 fully saturated rings. The minimum absolute atomic E-state index is 0.177. The molecule has 0 spiro atoms. The van der Waals surface area contributed by atoms with Crippen LogP contribution in [0, 0.1) is 0 Å². The summed E-state index contributed by atoms with van der Waals surface area (Å²) in [5.74, 6) is 0. The van der Waals surface area contributed by atoms with Gasteiger partial charge in [-0.1, -0.05) is 30.3 Å². The number of ether oxygens (including phenoxy) is 2. The number of nitrogens with one attached hydrogen (secondary N) is 1. The molecular formula is C15H23NO2. The first-order valence-corrected chi connectivity index (χ1v) is 6.71. The van der Waals surface area contributed by atoms with E-state index in [1.165, 1.54) is 5.56 Å². The fourth-order valence-corrected chi connectivity index (χ4v) is 2.60. The van der Waals surface area contributed by atoms with E-state index in [4.69, 9.17) is 9.47 Å². The number of hydrogen-bond donors (Lipinski definition) is 1. The molecule has 1 N–H and O–H groups in total. The first kappa shape index (κ1) is 13.5. The minimum Gasteiger partial charge on any atom is -0.377 e. The summed E-state index contributed by atoms with van der Waals surface area (Å²) in [5, 5.41) is 3.62. The zero-order valence-electron chi connectivity index (χ0n) is 11.4. The van der Waals surface area contributed by atoms with Crippen molar-refractivity contribution in [2.24, 2.45) is 0 Å². The monoisotopic (exact) mass is 249 g/mol. The summed E-state index contributed by atoms with van der Waals surface area (Å²) in [6, 6.07) is 11.2. The van der Waals surface area contributed by atoms with Crippen LogP contribution in [-0.4, -0.2) is 32.0 Å². The summed E-state index contributed by atoms with van der Waals surface area (Å²) in [6.45, 7) is 4.97. The second-order valence-electron chi connectivity index (χ2n) is 4.84. The fourth-order valence-electron chi connectivity index (χ4n) is 2.60. The molecule has 4 atom stereocenters. The van der Waals surface area contributed by atoms with E-state index in [-0.39, 0.29) is 12.2 Å². The van der Waals surface area contributed by atoms with Gasteiger partial charge in [0.1, 0.15) is 0 Å². The van der Waals surface area contributed by atoms with Crippen molar-refractivity contribution in [2.75, 3.05) is 13.7 Å². The molecule has 3 unspecified atom stereocenters. The standard InChI is InChI=1S/C15H23NO2/c1-4-18-14-10-13(15(14)17-3)16-11(2)12-8-6-5-7-9-12/h5-9,11,13-16H,4,10H2,1-3H3/t11-,13?,14?,15?/m1/s1. The predicted octanol–water partition coefficient (Wildman–Crippen LogP) is 2.53. The highest BCUT2D eigenvalue weighted by Gasteiger charge is 2.42. The van der Waals surface area contributed by atoms with Crippen LogP contribution in [0.1, 0.15) is 31.9 Å². The van der Waals surface area contributed by atoms with Crippen LogP contribution in [0.2, 0.25) is 0 Å². The molecule has 0 bridgehead atoms. The molecule has 0 saturated heterocycles. The Kier molecular flexibility index (Phi) is 4.75. The van der Waals surface area contributed by atoms with Gasteiger partial charge in [-0.3, -0.25) is 0 Å². The molecule has 1 aromatic carbocycles. The van der Waals surface area contributed by atoms with E-state index in [0.717, 1.165) is 13.0 Å². The van der Waals surface area contributed by atoms with Crippen molar-refractivity contribution in [3.63, 3.8) is 0 Å². The van der Waals surface area contributed by atoms with Gasteiger partial charge in [0.15, 0.2) is 0 Å². The molecule has 1 aromatic rings. The van der Waals surface area contributed by atoms with Gasteiger partial charge in [0.05, 0.1) is 12.2 Å². The quantitative estimate of drug-likeness (QED) is 0.840. The summed E-state index contributed by atoms with van der Waals surface area (Å²) in [7, 11) is 1.76. The third kappa shape index (κ3) is 2.91. The second-order valence-corrected chi connectivity index (χ2v) is 4.84. The molecule has 2 rings (SSSR count). The van der Waals surface area contributed by atoms with Crippen molar-refractivity contribution >= 4 is 0 Å².